The van der Waals surface area contributed by atoms with E-state index in [9.17, 15) is 35.9 Å². The second kappa shape index (κ2) is 8.59. The summed E-state index contributed by atoms with van der Waals surface area (Å²) < 4.78 is 73.6. The molecule has 0 fully saturated rings. The maximum absolute atomic E-state index is 12.6. The third-order valence-electron chi connectivity index (χ3n) is 3.28. The Bertz CT molecular complexity index is 830. The van der Waals surface area contributed by atoms with E-state index < -0.39 is 42.8 Å². The van der Waals surface area contributed by atoms with Gasteiger partial charge in [-0.3, -0.25) is 9.59 Å². The van der Waals surface area contributed by atoms with E-state index in [4.69, 9.17) is 0 Å². The van der Waals surface area contributed by atoms with Gasteiger partial charge in [0.05, 0.1) is 24.2 Å². The average molecular weight is 425 g/mol. The summed E-state index contributed by atoms with van der Waals surface area (Å²) in [4.78, 5) is 27.1. The Morgan fingerprint density at radius 3 is 2.18 bits per heavy atom. The summed E-state index contributed by atoms with van der Waals surface area (Å²) in [6.07, 6.45) is -9.23. The molecule has 1 aromatic carbocycles. The molecule has 28 heavy (non-hydrogen) atoms. The standard InChI is InChI=1S/C16H13F6N3O2S/c17-15(18,19)8-24-13(27)6-23-12(26)5-11-7-28-14(25-11)9-1-3-10(4-2-9)16(20,21)22/h1-4,7H,5-6,8H2,(H,23,26)(H,24,27). The van der Waals surface area contributed by atoms with Crippen molar-refractivity contribution in [1.82, 2.24) is 15.6 Å². The van der Waals surface area contributed by atoms with Crippen LogP contribution >= 0.6 is 11.3 Å². The molecule has 1 heterocycles. The average Bonchev–Trinajstić information content (AvgIpc) is 3.05. The van der Waals surface area contributed by atoms with Crippen molar-refractivity contribution in [2.45, 2.75) is 18.8 Å². The molecule has 2 amide bonds. The Labute approximate surface area is 158 Å². The highest BCUT2D eigenvalue weighted by atomic mass is 32.1. The quantitative estimate of drug-likeness (QED) is 0.699. The van der Waals surface area contributed by atoms with Crippen molar-refractivity contribution < 1.29 is 35.9 Å². The van der Waals surface area contributed by atoms with Gasteiger partial charge in [0.15, 0.2) is 0 Å². The summed E-state index contributed by atoms with van der Waals surface area (Å²) in [5, 5.41) is 5.70. The number of rotatable bonds is 6. The van der Waals surface area contributed by atoms with E-state index in [1.807, 2.05) is 0 Å². The molecule has 0 unspecified atom stereocenters. The number of aromatic nitrogens is 1. The fraction of sp³-hybridized carbons (Fsp3) is 0.312. The highest BCUT2D eigenvalue weighted by Gasteiger charge is 2.30. The van der Waals surface area contributed by atoms with Crippen molar-refractivity contribution in [1.29, 1.82) is 0 Å². The normalized spacial score (nSPS) is 11.9. The van der Waals surface area contributed by atoms with Gasteiger partial charge in [0.1, 0.15) is 11.6 Å². The van der Waals surface area contributed by atoms with E-state index >= 15 is 0 Å². The lowest BCUT2D eigenvalue weighted by Gasteiger charge is -2.08. The lowest BCUT2D eigenvalue weighted by molar-refractivity contribution is -0.138. The predicted octanol–water partition coefficient (Wildman–Crippen LogP) is 3.17. The number of hydrogen-bond donors (Lipinski definition) is 2. The molecule has 0 aliphatic carbocycles. The molecular formula is C16H13F6N3O2S. The van der Waals surface area contributed by atoms with Crippen molar-refractivity contribution in [3.63, 3.8) is 0 Å². The van der Waals surface area contributed by atoms with Crippen LogP contribution in [0.25, 0.3) is 10.6 Å². The third kappa shape index (κ3) is 6.83. The van der Waals surface area contributed by atoms with Gasteiger partial charge in [-0.25, -0.2) is 4.98 Å². The molecule has 0 aliphatic heterocycles. The lowest BCUT2D eigenvalue weighted by atomic mass is 10.1. The van der Waals surface area contributed by atoms with Crippen LogP contribution in [0.1, 0.15) is 11.3 Å². The summed E-state index contributed by atoms with van der Waals surface area (Å²) in [5.41, 5.74) is -0.0412. The van der Waals surface area contributed by atoms with Crippen LogP contribution in [-0.4, -0.2) is 36.1 Å². The number of nitrogens with one attached hydrogen (secondary N) is 2. The fourth-order valence-corrected chi connectivity index (χ4v) is 2.82. The van der Waals surface area contributed by atoms with Crippen LogP contribution in [0.2, 0.25) is 0 Å². The number of amides is 2. The molecule has 1 aromatic heterocycles. The number of halogens is 6. The summed E-state index contributed by atoms with van der Waals surface area (Å²) in [6.45, 7) is -2.12. The second-order valence-corrected chi connectivity index (χ2v) is 6.42. The topological polar surface area (TPSA) is 71.1 Å². The molecule has 0 bridgehead atoms. The first kappa shape index (κ1) is 21.7. The summed E-state index contributed by atoms with van der Waals surface area (Å²) in [7, 11) is 0. The van der Waals surface area contributed by atoms with Gasteiger partial charge in [-0.1, -0.05) is 12.1 Å². The largest absolute Gasteiger partial charge is 0.416 e. The molecule has 0 aliphatic rings. The first-order chi connectivity index (χ1) is 12.9. The zero-order chi connectivity index (χ0) is 20.9. The first-order valence-corrected chi connectivity index (χ1v) is 8.54. The highest BCUT2D eigenvalue weighted by Crippen LogP contribution is 2.31. The smallest absolute Gasteiger partial charge is 0.347 e. The minimum absolute atomic E-state index is 0.232. The van der Waals surface area contributed by atoms with Crippen LogP contribution in [0.4, 0.5) is 26.3 Å². The Hall–Kier alpha value is -2.63. The fourth-order valence-electron chi connectivity index (χ4n) is 1.99. The molecule has 0 atom stereocenters. The van der Waals surface area contributed by atoms with Crippen LogP contribution in [0.3, 0.4) is 0 Å². The molecule has 2 rings (SSSR count). The number of benzene rings is 1. The SMILES string of the molecule is O=C(CNC(=O)Cc1csc(-c2ccc(C(F)(F)F)cc2)n1)NCC(F)(F)F. The van der Waals surface area contributed by atoms with E-state index in [0.717, 1.165) is 23.5 Å². The first-order valence-electron chi connectivity index (χ1n) is 7.66. The van der Waals surface area contributed by atoms with Crippen LogP contribution < -0.4 is 10.6 Å². The maximum atomic E-state index is 12.6. The van der Waals surface area contributed by atoms with Crippen LogP contribution in [0, 0.1) is 0 Å². The summed E-state index contributed by atoms with van der Waals surface area (Å²) in [6, 6.07) is 4.36. The molecule has 2 N–H and O–H groups in total. The molecule has 0 saturated heterocycles. The number of thiazole rings is 1. The van der Waals surface area contributed by atoms with Crippen molar-refractivity contribution in [3.8, 4) is 10.6 Å². The molecular weight excluding hydrogens is 412 g/mol. The van der Waals surface area contributed by atoms with Gasteiger partial charge >= 0.3 is 12.4 Å². The Kier molecular flexibility index (Phi) is 6.65. The number of carbonyl (C=O) groups excluding carboxylic acids is 2. The second-order valence-electron chi connectivity index (χ2n) is 5.56. The van der Waals surface area contributed by atoms with E-state index in [2.05, 4.69) is 10.3 Å². The summed E-state index contributed by atoms with van der Waals surface area (Å²) >= 11 is 1.12. The van der Waals surface area contributed by atoms with E-state index in [0.29, 0.717) is 16.3 Å². The van der Waals surface area contributed by atoms with E-state index in [-0.39, 0.29) is 6.42 Å². The van der Waals surface area contributed by atoms with Crippen LogP contribution in [0.5, 0.6) is 0 Å². The third-order valence-corrected chi connectivity index (χ3v) is 4.22. The van der Waals surface area contributed by atoms with Crippen molar-refractivity contribution in [2.75, 3.05) is 13.1 Å². The van der Waals surface area contributed by atoms with Gasteiger partial charge in [-0.15, -0.1) is 11.3 Å². The molecule has 5 nitrogen and oxygen atoms in total. The Morgan fingerprint density at radius 1 is 0.964 bits per heavy atom. The van der Waals surface area contributed by atoms with Crippen molar-refractivity contribution in [3.05, 3.63) is 40.9 Å². The summed E-state index contributed by atoms with van der Waals surface area (Å²) in [5.74, 6) is -1.62. The lowest BCUT2D eigenvalue weighted by Crippen LogP contribution is -2.41. The Morgan fingerprint density at radius 2 is 1.61 bits per heavy atom. The van der Waals surface area contributed by atoms with Crippen LogP contribution in [-0.2, 0) is 22.2 Å². The minimum atomic E-state index is -4.55. The maximum Gasteiger partial charge on any atom is 0.416 e. The zero-order valence-electron chi connectivity index (χ0n) is 13.9. The number of carbonyl (C=O) groups is 2. The Balaban J connectivity index is 1.87. The highest BCUT2D eigenvalue weighted by molar-refractivity contribution is 7.13. The van der Waals surface area contributed by atoms with Gasteiger partial charge in [-0.05, 0) is 12.1 Å². The van der Waals surface area contributed by atoms with Gasteiger partial charge in [0.2, 0.25) is 11.8 Å². The van der Waals surface area contributed by atoms with Crippen LogP contribution in [0.15, 0.2) is 29.6 Å². The van der Waals surface area contributed by atoms with Crippen molar-refractivity contribution >= 4 is 23.2 Å². The van der Waals surface area contributed by atoms with Crippen molar-refractivity contribution in [2.24, 2.45) is 0 Å². The van der Waals surface area contributed by atoms with Gasteiger partial charge in [0.25, 0.3) is 0 Å². The van der Waals surface area contributed by atoms with Gasteiger partial charge < -0.3 is 10.6 Å². The molecule has 0 saturated carbocycles. The molecule has 0 radical (unpaired) electrons. The molecule has 152 valence electrons. The molecule has 2 aromatic rings. The zero-order valence-corrected chi connectivity index (χ0v) is 14.8. The monoisotopic (exact) mass is 425 g/mol. The molecule has 12 heteroatoms. The van der Waals surface area contributed by atoms with Gasteiger partial charge in [0, 0.05) is 10.9 Å². The van der Waals surface area contributed by atoms with E-state index in [1.165, 1.54) is 17.5 Å². The predicted molar refractivity (Wildman–Crippen MR) is 88.3 cm³/mol. The van der Waals surface area contributed by atoms with E-state index in [1.54, 1.807) is 5.32 Å². The minimum Gasteiger partial charge on any atom is -0.347 e. The number of alkyl halides is 6. The van der Waals surface area contributed by atoms with Gasteiger partial charge in [-0.2, -0.15) is 26.3 Å². The molecule has 0 spiro atoms. The number of nitrogens with zero attached hydrogens (tertiary/aromatic N) is 1. The number of hydrogen-bond acceptors (Lipinski definition) is 4.